The molecule has 2 heterocycles. The topological polar surface area (TPSA) is 80.6 Å². The average molecular weight is 470 g/mol. The molecule has 3 aromatic rings. The van der Waals surface area contributed by atoms with Gasteiger partial charge in [0.25, 0.3) is 0 Å². The molecular weight excluding hydrogens is 438 g/mol. The minimum Gasteiger partial charge on any atom is -0.497 e. The third kappa shape index (κ3) is 5.07. The molecule has 176 valence electrons. The largest absolute Gasteiger partial charge is 0.497 e. The van der Waals surface area contributed by atoms with Crippen molar-refractivity contribution in [3.8, 4) is 5.75 Å². The number of carbonyl (C=O) groups is 1. The Balaban J connectivity index is 1.39. The van der Waals surface area contributed by atoms with Gasteiger partial charge in [-0.15, -0.1) is 0 Å². The standard InChI is InChI=1S/C25H31N3O4S/c1-3-27-15-12-20-17-23(9-10-24(20)27)33(30,31)28-14-5-7-21(18-28)25(29)26-13-11-19-6-4-8-22(16-19)32-2/h4,6,8-10,12,15-17,21H,3,5,7,11,13-14,18H2,1-2H3,(H,26,29). The van der Waals surface area contributed by atoms with Crippen LogP contribution >= 0.6 is 0 Å². The fraction of sp³-hybridized carbons (Fsp3) is 0.400. The minimum absolute atomic E-state index is 0.0896. The first-order chi connectivity index (χ1) is 15.9. The zero-order valence-electron chi connectivity index (χ0n) is 19.2. The van der Waals surface area contributed by atoms with E-state index in [1.807, 2.05) is 42.6 Å². The molecule has 0 radical (unpaired) electrons. The van der Waals surface area contributed by atoms with Gasteiger partial charge in [-0.1, -0.05) is 12.1 Å². The van der Waals surface area contributed by atoms with Gasteiger partial charge >= 0.3 is 0 Å². The maximum atomic E-state index is 13.3. The van der Waals surface area contributed by atoms with E-state index in [2.05, 4.69) is 16.8 Å². The van der Waals surface area contributed by atoms with Crippen LogP contribution in [0.3, 0.4) is 0 Å². The molecule has 2 aromatic carbocycles. The number of piperidine rings is 1. The lowest BCUT2D eigenvalue weighted by Crippen LogP contribution is -2.45. The summed E-state index contributed by atoms with van der Waals surface area (Å²) in [5.74, 6) is 0.355. The number of nitrogens with zero attached hydrogens (tertiary/aromatic N) is 2. The molecule has 0 spiro atoms. The molecule has 0 saturated carbocycles. The number of amides is 1. The second-order valence-electron chi connectivity index (χ2n) is 8.42. The van der Waals surface area contributed by atoms with Crippen molar-refractivity contribution in [3.05, 3.63) is 60.3 Å². The predicted octanol–water partition coefficient (Wildman–Crippen LogP) is 3.43. The number of rotatable bonds is 8. The number of methoxy groups -OCH3 is 1. The Hall–Kier alpha value is -2.84. The van der Waals surface area contributed by atoms with Crippen LogP contribution < -0.4 is 10.1 Å². The van der Waals surface area contributed by atoms with Crippen molar-refractivity contribution in [3.63, 3.8) is 0 Å². The molecule has 33 heavy (non-hydrogen) atoms. The highest BCUT2D eigenvalue weighted by molar-refractivity contribution is 7.89. The zero-order valence-corrected chi connectivity index (χ0v) is 20.0. The van der Waals surface area contributed by atoms with E-state index in [9.17, 15) is 13.2 Å². The highest BCUT2D eigenvalue weighted by Crippen LogP contribution is 2.27. The second-order valence-corrected chi connectivity index (χ2v) is 10.4. The van der Waals surface area contributed by atoms with Gasteiger partial charge in [0.05, 0.1) is 17.9 Å². The number of aromatic nitrogens is 1. The van der Waals surface area contributed by atoms with Crippen molar-refractivity contribution in [2.45, 2.75) is 37.6 Å². The summed E-state index contributed by atoms with van der Waals surface area (Å²) in [6.45, 7) is 4.03. The number of aryl methyl sites for hydroxylation is 1. The molecule has 0 aliphatic carbocycles. The third-order valence-corrected chi connectivity index (χ3v) is 8.18. The number of fused-ring (bicyclic) bond motifs is 1. The van der Waals surface area contributed by atoms with E-state index < -0.39 is 10.0 Å². The SMILES string of the molecule is CCn1ccc2cc(S(=O)(=O)N3CCCC(C(=O)NCCc4cccc(OC)c4)C3)ccc21. The second kappa shape index (κ2) is 9.97. The van der Waals surface area contributed by atoms with E-state index in [0.29, 0.717) is 32.4 Å². The van der Waals surface area contributed by atoms with Gasteiger partial charge in [-0.25, -0.2) is 8.42 Å². The van der Waals surface area contributed by atoms with Crippen LogP contribution in [0, 0.1) is 5.92 Å². The van der Waals surface area contributed by atoms with Crippen LogP contribution in [-0.2, 0) is 27.8 Å². The van der Waals surface area contributed by atoms with Crippen LogP contribution in [0.15, 0.2) is 59.6 Å². The molecule has 1 unspecified atom stereocenters. The molecule has 0 bridgehead atoms. The van der Waals surface area contributed by atoms with Gasteiger partial charge < -0.3 is 14.6 Å². The van der Waals surface area contributed by atoms with Gasteiger partial charge in [0, 0.05) is 43.3 Å². The van der Waals surface area contributed by atoms with Crippen molar-refractivity contribution in [2.24, 2.45) is 5.92 Å². The fourth-order valence-electron chi connectivity index (χ4n) is 4.44. The number of carbonyl (C=O) groups excluding carboxylic acids is 1. The van der Waals surface area contributed by atoms with Gasteiger partial charge in [0.15, 0.2) is 0 Å². The average Bonchev–Trinajstić information content (AvgIpc) is 3.26. The van der Waals surface area contributed by atoms with Crippen molar-refractivity contribution in [1.82, 2.24) is 14.2 Å². The lowest BCUT2D eigenvalue weighted by molar-refractivity contribution is -0.126. The summed E-state index contributed by atoms with van der Waals surface area (Å²) in [7, 11) is -2.03. The summed E-state index contributed by atoms with van der Waals surface area (Å²) in [5.41, 5.74) is 2.10. The fourth-order valence-corrected chi connectivity index (χ4v) is 6.00. The van der Waals surface area contributed by atoms with Gasteiger partial charge in [0.1, 0.15) is 5.75 Å². The number of hydrogen-bond donors (Lipinski definition) is 1. The van der Waals surface area contributed by atoms with Crippen LogP contribution in [-0.4, -0.2) is 49.9 Å². The lowest BCUT2D eigenvalue weighted by atomic mass is 9.99. The van der Waals surface area contributed by atoms with Gasteiger partial charge in [-0.3, -0.25) is 4.79 Å². The summed E-state index contributed by atoms with van der Waals surface area (Å²) in [5, 5.41) is 3.88. The Labute approximate surface area is 195 Å². The number of sulfonamides is 1. The Bertz CT molecular complexity index is 1240. The van der Waals surface area contributed by atoms with Crippen molar-refractivity contribution in [1.29, 1.82) is 0 Å². The molecule has 1 N–H and O–H groups in total. The zero-order chi connectivity index (χ0) is 23.4. The first kappa shape index (κ1) is 23.3. The molecule has 1 amide bonds. The van der Waals surface area contributed by atoms with Crippen molar-refractivity contribution >= 4 is 26.8 Å². The summed E-state index contributed by atoms with van der Waals surface area (Å²) >= 11 is 0. The van der Waals surface area contributed by atoms with Crippen LogP contribution in [0.4, 0.5) is 0 Å². The highest BCUT2D eigenvalue weighted by Gasteiger charge is 2.33. The van der Waals surface area contributed by atoms with E-state index in [4.69, 9.17) is 4.74 Å². The van der Waals surface area contributed by atoms with Crippen LogP contribution in [0.25, 0.3) is 10.9 Å². The van der Waals surface area contributed by atoms with E-state index in [1.165, 1.54) is 4.31 Å². The molecule has 1 fully saturated rings. The third-order valence-electron chi connectivity index (χ3n) is 6.32. The Morgan fingerprint density at radius 3 is 2.82 bits per heavy atom. The molecule has 1 aliphatic heterocycles. The molecule has 1 aliphatic rings. The molecule has 7 nitrogen and oxygen atoms in total. The van der Waals surface area contributed by atoms with Crippen molar-refractivity contribution < 1.29 is 17.9 Å². The summed E-state index contributed by atoms with van der Waals surface area (Å²) in [4.78, 5) is 13.1. The summed E-state index contributed by atoms with van der Waals surface area (Å²) < 4.78 is 35.4. The molecule has 1 saturated heterocycles. The van der Waals surface area contributed by atoms with Gasteiger partial charge in [-0.05, 0) is 68.1 Å². The smallest absolute Gasteiger partial charge is 0.243 e. The number of benzene rings is 2. The number of hydrogen-bond acceptors (Lipinski definition) is 4. The molecule has 1 aromatic heterocycles. The Kier molecular flexibility index (Phi) is 7.05. The maximum absolute atomic E-state index is 13.3. The van der Waals surface area contributed by atoms with E-state index in [-0.39, 0.29) is 23.3 Å². The Morgan fingerprint density at radius 2 is 2.03 bits per heavy atom. The Morgan fingerprint density at radius 1 is 1.18 bits per heavy atom. The molecular formula is C25H31N3O4S. The predicted molar refractivity (Wildman–Crippen MR) is 129 cm³/mol. The van der Waals surface area contributed by atoms with Crippen molar-refractivity contribution in [2.75, 3.05) is 26.7 Å². The van der Waals surface area contributed by atoms with Crippen LogP contribution in [0.5, 0.6) is 5.75 Å². The van der Waals surface area contributed by atoms with Gasteiger partial charge in [0.2, 0.25) is 15.9 Å². The highest BCUT2D eigenvalue weighted by atomic mass is 32.2. The summed E-state index contributed by atoms with van der Waals surface area (Å²) in [6.07, 6.45) is 4.01. The monoisotopic (exact) mass is 469 g/mol. The van der Waals surface area contributed by atoms with E-state index >= 15 is 0 Å². The van der Waals surface area contributed by atoms with E-state index in [0.717, 1.165) is 28.8 Å². The molecule has 4 rings (SSSR count). The maximum Gasteiger partial charge on any atom is 0.243 e. The number of nitrogens with one attached hydrogen (secondary N) is 1. The van der Waals surface area contributed by atoms with E-state index in [1.54, 1.807) is 19.2 Å². The van der Waals surface area contributed by atoms with Crippen LogP contribution in [0.2, 0.25) is 0 Å². The molecule has 8 heteroatoms. The minimum atomic E-state index is -3.66. The normalized spacial score (nSPS) is 17.2. The summed E-state index contributed by atoms with van der Waals surface area (Å²) in [6, 6.07) is 15.0. The van der Waals surface area contributed by atoms with Crippen LogP contribution in [0.1, 0.15) is 25.3 Å². The quantitative estimate of drug-likeness (QED) is 0.548. The number of ether oxygens (including phenoxy) is 1. The lowest BCUT2D eigenvalue weighted by Gasteiger charge is -2.31. The first-order valence-electron chi connectivity index (χ1n) is 11.4. The van der Waals surface area contributed by atoms with Gasteiger partial charge in [-0.2, -0.15) is 4.31 Å². The first-order valence-corrected chi connectivity index (χ1v) is 12.9. The molecule has 1 atom stereocenters.